The van der Waals surface area contributed by atoms with Crippen LogP contribution < -0.4 is 0 Å². The first-order valence-corrected chi connectivity index (χ1v) is 12.5. The van der Waals surface area contributed by atoms with Crippen LogP contribution in [0.2, 0.25) is 0 Å². The quantitative estimate of drug-likeness (QED) is 0.402. The molecule has 2 aromatic carbocycles. The highest BCUT2D eigenvalue weighted by Crippen LogP contribution is 2.42. The summed E-state index contributed by atoms with van der Waals surface area (Å²) in [4.78, 5) is 24.0. The summed E-state index contributed by atoms with van der Waals surface area (Å²) in [7, 11) is 0. The Labute approximate surface area is 192 Å². The summed E-state index contributed by atoms with van der Waals surface area (Å²) in [5, 5.41) is 2.41. The minimum atomic E-state index is 0.0624. The fraction of sp³-hybridized carbons (Fsp3) is 0.333. The van der Waals surface area contributed by atoms with Crippen molar-refractivity contribution in [2.75, 3.05) is 13.1 Å². The summed E-state index contributed by atoms with van der Waals surface area (Å²) in [6.07, 6.45) is 9.66. The zero-order valence-electron chi connectivity index (χ0n) is 18.1. The molecule has 2 atom stereocenters. The third-order valence-electron chi connectivity index (χ3n) is 7.17. The van der Waals surface area contributed by atoms with Gasteiger partial charge in [-0.25, -0.2) is 4.98 Å². The summed E-state index contributed by atoms with van der Waals surface area (Å²) in [5.74, 6) is 0.642. The maximum atomic E-state index is 13.6. The maximum absolute atomic E-state index is 13.6. The number of carbonyl (C=O) groups is 1. The number of amides is 1. The number of thiazole rings is 1. The van der Waals surface area contributed by atoms with Crippen LogP contribution in [0.4, 0.5) is 0 Å². The molecule has 0 bridgehead atoms. The highest BCUT2D eigenvalue weighted by molar-refractivity contribution is 7.18. The van der Waals surface area contributed by atoms with E-state index in [0.29, 0.717) is 12.5 Å². The Morgan fingerprint density at radius 3 is 2.78 bits per heavy atom. The number of rotatable bonds is 3. The molecule has 0 saturated heterocycles. The van der Waals surface area contributed by atoms with Gasteiger partial charge in [0, 0.05) is 47.6 Å². The van der Waals surface area contributed by atoms with Crippen LogP contribution in [0.3, 0.4) is 0 Å². The van der Waals surface area contributed by atoms with Crippen LogP contribution in [0.15, 0.2) is 60.8 Å². The summed E-state index contributed by atoms with van der Waals surface area (Å²) < 4.78 is 1.23. The molecule has 2 aromatic heterocycles. The molecule has 4 nitrogen and oxygen atoms in total. The Balaban J connectivity index is 1.22. The van der Waals surface area contributed by atoms with E-state index in [2.05, 4.69) is 64.6 Å². The van der Waals surface area contributed by atoms with Gasteiger partial charge in [-0.05, 0) is 43.0 Å². The minimum Gasteiger partial charge on any atom is -0.361 e. The number of hydrogen-bond acceptors (Lipinski definition) is 3. The van der Waals surface area contributed by atoms with Gasteiger partial charge in [-0.3, -0.25) is 4.79 Å². The summed E-state index contributed by atoms with van der Waals surface area (Å²) >= 11 is 1.77. The van der Waals surface area contributed by atoms with Crippen molar-refractivity contribution in [1.29, 1.82) is 0 Å². The van der Waals surface area contributed by atoms with E-state index in [9.17, 15) is 4.79 Å². The molecule has 2 aliphatic rings. The molecule has 5 heteroatoms. The zero-order chi connectivity index (χ0) is 21.5. The van der Waals surface area contributed by atoms with Gasteiger partial charge in [0.1, 0.15) is 0 Å². The molecule has 6 rings (SSSR count). The topological polar surface area (TPSA) is 49.0 Å². The number of hydrogen-bond donors (Lipinski definition) is 1. The van der Waals surface area contributed by atoms with Gasteiger partial charge in [0.15, 0.2) is 0 Å². The van der Waals surface area contributed by atoms with Crippen molar-refractivity contribution in [2.24, 2.45) is 5.92 Å². The number of nitrogens with one attached hydrogen (secondary N) is 1. The molecule has 1 N–H and O–H groups in total. The number of H-pyrrole nitrogens is 1. The summed E-state index contributed by atoms with van der Waals surface area (Å²) in [6.45, 7) is 1.50. The molecular weight excluding hydrogens is 414 g/mol. The average Bonchev–Trinajstić information content (AvgIpc) is 3.48. The maximum Gasteiger partial charge on any atom is 0.226 e. The fourth-order valence-electron chi connectivity index (χ4n) is 5.46. The predicted molar refractivity (Wildman–Crippen MR) is 132 cm³/mol. The van der Waals surface area contributed by atoms with Gasteiger partial charge in [0.2, 0.25) is 5.91 Å². The van der Waals surface area contributed by atoms with Crippen LogP contribution >= 0.6 is 11.3 Å². The fourth-order valence-corrected chi connectivity index (χ4v) is 6.62. The number of aromatic nitrogens is 2. The van der Waals surface area contributed by atoms with Crippen molar-refractivity contribution in [3.63, 3.8) is 0 Å². The standard InChI is InChI=1S/C27H27N3OS/c31-27(21-9-2-1-8-20(21)26-29-24-11-5-6-12-25(24)32-26)30-15-13-18(14-16-30)22-17-28-23-10-4-3-7-19(22)23/h3-7,10-13,17,20-21,28H,1-2,8-9,14-16H2/t20-,21-/m0/s1. The third kappa shape index (κ3) is 3.45. The smallest absolute Gasteiger partial charge is 0.226 e. The lowest BCUT2D eigenvalue weighted by Crippen LogP contribution is -2.41. The second-order valence-electron chi connectivity index (χ2n) is 9.03. The van der Waals surface area contributed by atoms with Gasteiger partial charge < -0.3 is 9.88 Å². The first kappa shape index (κ1) is 19.7. The lowest BCUT2D eigenvalue weighted by molar-refractivity contribution is -0.136. The molecule has 32 heavy (non-hydrogen) atoms. The zero-order valence-corrected chi connectivity index (χ0v) is 18.9. The van der Waals surface area contributed by atoms with E-state index in [4.69, 9.17) is 4.98 Å². The largest absolute Gasteiger partial charge is 0.361 e. The van der Waals surface area contributed by atoms with Gasteiger partial charge in [-0.15, -0.1) is 11.3 Å². The Bertz CT molecular complexity index is 1280. The normalized spacial score (nSPS) is 21.8. The van der Waals surface area contributed by atoms with Crippen LogP contribution in [0.25, 0.3) is 26.7 Å². The Hall–Kier alpha value is -2.92. The van der Waals surface area contributed by atoms with E-state index in [-0.39, 0.29) is 11.8 Å². The molecule has 3 heterocycles. The molecule has 0 spiro atoms. The van der Waals surface area contributed by atoms with Crippen LogP contribution in [-0.4, -0.2) is 33.9 Å². The molecule has 162 valence electrons. The molecule has 1 aliphatic carbocycles. The van der Waals surface area contributed by atoms with Crippen LogP contribution in [0.1, 0.15) is 48.6 Å². The van der Waals surface area contributed by atoms with Crippen molar-refractivity contribution in [2.45, 2.75) is 38.0 Å². The third-order valence-corrected chi connectivity index (χ3v) is 8.34. The molecule has 1 saturated carbocycles. The molecule has 1 fully saturated rings. The SMILES string of the molecule is O=C([C@H]1CCCC[C@@H]1c1nc2ccccc2s1)N1CC=C(c2c[nH]c3ccccc23)CC1. The predicted octanol–water partition coefficient (Wildman–Crippen LogP) is 6.37. The second-order valence-corrected chi connectivity index (χ2v) is 10.1. The van der Waals surface area contributed by atoms with Crippen molar-refractivity contribution in [3.8, 4) is 0 Å². The number of benzene rings is 2. The van der Waals surface area contributed by atoms with E-state index < -0.39 is 0 Å². The van der Waals surface area contributed by atoms with Gasteiger partial charge >= 0.3 is 0 Å². The molecule has 1 amide bonds. The number of para-hydroxylation sites is 2. The van der Waals surface area contributed by atoms with Crippen molar-refractivity contribution in [1.82, 2.24) is 14.9 Å². The second kappa shape index (κ2) is 8.21. The number of carbonyl (C=O) groups excluding carboxylic acids is 1. The van der Waals surface area contributed by atoms with Gasteiger partial charge in [-0.1, -0.05) is 49.2 Å². The molecular formula is C27H27N3OS. The van der Waals surface area contributed by atoms with E-state index in [1.54, 1.807) is 11.3 Å². The monoisotopic (exact) mass is 441 g/mol. The van der Waals surface area contributed by atoms with Crippen LogP contribution in [-0.2, 0) is 4.79 Å². The van der Waals surface area contributed by atoms with E-state index in [1.807, 2.05) is 6.07 Å². The molecule has 0 unspecified atom stereocenters. The summed E-state index contributed by atoms with van der Waals surface area (Å²) in [6, 6.07) is 16.8. The first-order valence-electron chi connectivity index (χ1n) is 11.7. The minimum absolute atomic E-state index is 0.0624. The van der Waals surface area contributed by atoms with E-state index in [1.165, 1.54) is 33.2 Å². The lowest BCUT2D eigenvalue weighted by Gasteiger charge is -2.35. The van der Waals surface area contributed by atoms with E-state index in [0.717, 1.165) is 42.8 Å². The molecule has 4 aromatic rings. The lowest BCUT2D eigenvalue weighted by atomic mass is 9.78. The average molecular weight is 442 g/mol. The Morgan fingerprint density at radius 1 is 1.06 bits per heavy atom. The van der Waals surface area contributed by atoms with Crippen LogP contribution in [0, 0.1) is 5.92 Å². The highest BCUT2D eigenvalue weighted by Gasteiger charge is 2.36. The highest BCUT2D eigenvalue weighted by atomic mass is 32.1. The first-order chi connectivity index (χ1) is 15.8. The Kier molecular flexibility index (Phi) is 5.07. The van der Waals surface area contributed by atoms with Crippen LogP contribution in [0.5, 0.6) is 0 Å². The number of fused-ring (bicyclic) bond motifs is 2. The van der Waals surface area contributed by atoms with Gasteiger partial charge in [0.25, 0.3) is 0 Å². The number of nitrogens with zero attached hydrogens (tertiary/aromatic N) is 2. The number of aromatic amines is 1. The van der Waals surface area contributed by atoms with Gasteiger partial charge in [-0.2, -0.15) is 0 Å². The Morgan fingerprint density at radius 2 is 1.91 bits per heavy atom. The van der Waals surface area contributed by atoms with Crippen molar-refractivity contribution >= 4 is 43.9 Å². The molecule has 1 aliphatic heterocycles. The summed E-state index contributed by atoms with van der Waals surface area (Å²) in [5.41, 5.74) is 4.85. The van der Waals surface area contributed by atoms with Crippen molar-refractivity contribution in [3.05, 3.63) is 71.4 Å². The molecule has 0 radical (unpaired) electrons. The van der Waals surface area contributed by atoms with E-state index >= 15 is 0 Å². The van der Waals surface area contributed by atoms with Crippen molar-refractivity contribution < 1.29 is 4.79 Å². The van der Waals surface area contributed by atoms with Gasteiger partial charge in [0.05, 0.1) is 15.2 Å².